The minimum atomic E-state index is -0.338. The fourth-order valence-corrected chi connectivity index (χ4v) is 3.10. The molecule has 6 nitrogen and oxygen atoms in total. The van der Waals surface area contributed by atoms with Gasteiger partial charge in [-0.2, -0.15) is 0 Å². The van der Waals surface area contributed by atoms with Gasteiger partial charge in [-0.05, 0) is 56.7 Å². The zero-order valence-electron chi connectivity index (χ0n) is 15.5. The maximum Gasteiger partial charge on any atom is 0.275 e. The van der Waals surface area contributed by atoms with Crippen LogP contribution >= 0.6 is 11.6 Å². The Balaban J connectivity index is 1.79. The molecule has 0 radical (unpaired) electrons. The summed E-state index contributed by atoms with van der Waals surface area (Å²) in [5.41, 5.74) is 3.01. The topological polar surface area (TPSA) is 66.7 Å². The standard InChI is InChI=1S/C20H21ClN4O2/c1-4-24(5-2)20(27)15-7-6-14(11-16(15)21)22-19(26)17-12-25-9-8-13(3)10-18(25)23-17/h6-12H,4-5H2,1-3H3,(H,22,26). The molecule has 2 amide bonds. The second-order valence-corrected chi connectivity index (χ2v) is 6.63. The molecule has 0 aliphatic carbocycles. The van der Waals surface area contributed by atoms with Crippen LogP contribution < -0.4 is 5.32 Å². The van der Waals surface area contributed by atoms with Crippen molar-refractivity contribution >= 4 is 34.7 Å². The summed E-state index contributed by atoms with van der Waals surface area (Å²) in [5.74, 6) is -0.464. The lowest BCUT2D eigenvalue weighted by atomic mass is 10.1. The van der Waals surface area contributed by atoms with E-state index in [1.807, 2.05) is 39.1 Å². The van der Waals surface area contributed by atoms with Crippen LogP contribution in [0.2, 0.25) is 5.02 Å². The molecule has 7 heteroatoms. The smallest absolute Gasteiger partial charge is 0.275 e. The molecule has 3 rings (SSSR count). The number of imidazole rings is 1. The summed E-state index contributed by atoms with van der Waals surface area (Å²) in [7, 11) is 0. The first-order valence-corrected chi connectivity index (χ1v) is 9.16. The molecule has 1 aromatic carbocycles. The maximum absolute atomic E-state index is 12.5. The average molecular weight is 385 g/mol. The van der Waals surface area contributed by atoms with Crippen LogP contribution in [0.25, 0.3) is 5.65 Å². The molecule has 2 heterocycles. The highest BCUT2D eigenvalue weighted by atomic mass is 35.5. The summed E-state index contributed by atoms with van der Waals surface area (Å²) in [4.78, 5) is 31.0. The van der Waals surface area contributed by atoms with Crippen molar-refractivity contribution < 1.29 is 9.59 Å². The van der Waals surface area contributed by atoms with E-state index in [-0.39, 0.29) is 11.8 Å². The summed E-state index contributed by atoms with van der Waals surface area (Å²) >= 11 is 6.27. The Morgan fingerprint density at radius 1 is 1.19 bits per heavy atom. The van der Waals surface area contributed by atoms with Crippen LogP contribution in [0.4, 0.5) is 5.69 Å². The molecule has 0 fully saturated rings. The van der Waals surface area contributed by atoms with Crippen LogP contribution in [-0.4, -0.2) is 39.2 Å². The quantitative estimate of drug-likeness (QED) is 0.722. The number of carbonyl (C=O) groups is 2. The molecule has 0 aliphatic heterocycles. The van der Waals surface area contributed by atoms with Crippen LogP contribution in [0.3, 0.4) is 0 Å². The molecule has 0 spiro atoms. The Kier molecular flexibility index (Phi) is 5.46. The van der Waals surface area contributed by atoms with Gasteiger partial charge in [0.25, 0.3) is 11.8 Å². The van der Waals surface area contributed by atoms with Crippen LogP contribution in [-0.2, 0) is 0 Å². The number of nitrogens with one attached hydrogen (secondary N) is 1. The molecule has 3 aromatic rings. The molecule has 0 saturated carbocycles. The second kappa shape index (κ2) is 7.80. The van der Waals surface area contributed by atoms with Crippen molar-refractivity contribution in [3.8, 4) is 0 Å². The molecule has 0 atom stereocenters. The number of amides is 2. The lowest BCUT2D eigenvalue weighted by Gasteiger charge is -2.19. The summed E-state index contributed by atoms with van der Waals surface area (Å²) < 4.78 is 1.79. The average Bonchev–Trinajstić information content (AvgIpc) is 3.06. The molecular weight excluding hydrogens is 364 g/mol. The number of fused-ring (bicyclic) bond motifs is 1. The van der Waals surface area contributed by atoms with Gasteiger partial charge in [0, 0.05) is 31.2 Å². The van der Waals surface area contributed by atoms with Crippen molar-refractivity contribution in [3.63, 3.8) is 0 Å². The van der Waals surface area contributed by atoms with E-state index in [2.05, 4.69) is 10.3 Å². The molecule has 140 valence electrons. The molecule has 0 aliphatic rings. The van der Waals surface area contributed by atoms with E-state index in [9.17, 15) is 9.59 Å². The minimum Gasteiger partial charge on any atom is -0.339 e. The third kappa shape index (κ3) is 3.95. The largest absolute Gasteiger partial charge is 0.339 e. The van der Waals surface area contributed by atoms with Crippen molar-refractivity contribution in [2.75, 3.05) is 18.4 Å². The summed E-state index contributed by atoms with van der Waals surface area (Å²) in [6.07, 6.45) is 3.53. The van der Waals surface area contributed by atoms with E-state index >= 15 is 0 Å². The third-order valence-corrected chi connectivity index (χ3v) is 4.67. The van der Waals surface area contributed by atoms with E-state index in [0.29, 0.717) is 40.7 Å². The van der Waals surface area contributed by atoms with Crippen molar-refractivity contribution in [2.45, 2.75) is 20.8 Å². The molecule has 2 aromatic heterocycles. The number of halogens is 1. The molecule has 0 saturated heterocycles. The Morgan fingerprint density at radius 3 is 2.59 bits per heavy atom. The van der Waals surface area contributed by atoms with Crippen LogP contribution in [0.15, 0.2) is 42.7 Å². The van der Waals surface area contributed by atoms with E-state index in [1.165, 1.54) is 0 Å². The highest BCUT2D eigenvalue weighted by Crippen LogP contribution is 2.23. The lowest BCUT2D eigenvalue weighted by molar-refractivity contribution is 0.0773. The number of pyridine rings is 1. The molecule has 0 unspecified atom stereocenters. The van der Waals surface area contributed by atoms with E-state index in [1.54, 1.807) is 33.7 Å². The van der Waals surface area contributed by atoms with Gasteiger partial charge in [0.15, 0.2) is 0 Å². The van der Waals surface area contributed by atoms with E-state index in [4.69, 9.17) is 11.6 Å². The number of aryl methyl sites for hydroxylation is 1. The number of hydrogen-bond donors (Lipinski definition) is 1. The number of benzene rings is 1. The number of aromatic nitrogens is 2. The summed E-state index contributed by atoms with van der Waals surface area (Å²) in [5, 5.41) is 3.08. The van der Waals surface area contributed by atoms with Gasteiger partial charge < -0.3 is 14.6 Å². The third-order valence-electron chi connectivity index (χ3n) is 4.36. The van der Waals surface area contributed by atoms with Crippen LogP contribution in [0, 0.1) is 6.92 Å². The minimum absolute atomic E-state index is 0.126. The van der Waals surface area contributed by atoms with Gasteiger partial charge in [0.05, 0.1) is 10.6 Å². The van der Waals surface area contributed by atoms with Crippen molar-refractivity contribution in [3.05, 3.63) is 64.6 Å². The summed E-state index contributed by atoms with van der Waals surface area (Å²) in [6.45, 7) is 7.02. The van der Waals surface area contributed by atoms with Gasteiger partial charge in [0.1, 0.15) is 11.3 Å². The first kappa shape index (κ1) is 18.9. The molecule has 0 bridgehead atoms. The van der Waals surface area contributed by atoms with Crippen molar-refractivity contribution in [1.29, 1.82) is 0 Å². The Morgan fingerprint density at radius 2 is 1.93 bits per heavy atom. The number of anilines is 1. The molecular formula is C20H21ClN4O2. The van der Waals surface area contributed by atoms with Gasteiger partial charge >= 0.3 is 0 Å². The number of nitrogens with zero attached hydrogens (tertiary/aromatic N) is 3. The maximum atomic E-state index is 12.5. The van der Waals surface area contributed by atoms with Gasteiger partial charge in [-0.1, -0.05) is 11.6 Å². The highest BCUT2D eigenvalue weighted by Gasteiger charge is 2.17. The monoisotopic (exact) mass is 384 g/mol. The van der Waals surface area contributed by atoms with Crippen molar-refractivity contribution in [1.82, 2.24) is 14.3 Å². The number of hydrogen-bond acceptors (Lipinski definition) is 3. The Hall–Kier alpha value is -2.86. The Bertz CT molecular complexity index is 1010. The predicted molar refractivity (Wildman–Crippen MR) is 107 cm³/mol. The van der Waals surface area contributed by atoms with E-state index in [0.717, 1.165) is 5.56 Å². The van der Waals surface area contributed by atoms with Gasteiger partial charge in [-0.3, -0.25) is 9.59 Å². The Labute approximate surface area is 162 Å². The fraction of sp³-hybridized carbons (Fsp3) is 0.250. The summed E-state index contributed by atoms with van der Waals surface area (Å²) in [6, 6.07) is 8.73. The number of rotatable bonds is 5. The first-order valence-electron chi connectivity index (χ1n) is 8.78. The van der Waals surface area contributed by atoms with Crippen LogP contribution in [0.1, 0.15) is 40.3 Å². The van der Waals surface area contributed by atoms with Gasteiger partial charge in [0.2, 0.25) is 0 Å². The lowest BCUT2D eigenvalue weighted by Crippen LogP contribution is -2.30. The molecule has 1 N–H and O–H groups in total. The molecule has 27 heavy (non-hydrogen) atoms. The predicted octanol–water partition coefficient (Wildman–Crippen LogP) is 4.03. The number of carbonyl (C=O) groups excluding carboxylic acids is 2. The second-order valence-electron chi connectivity index (χ2n) is 6.22. The van der Waals surface area contributed by atoms with Gasteiger partial charge in [-0.25, -0.2) is 4.98 Å². The zero-order valence-corrected chi connectivity index (χ0v) is 16.2. The SMILES string of the molecule is CCN(CC)C(=O)c1ccc(NC(=O)c2cn3ccc(C)cc3n2)cc1Cl. The van der Waals surface area contributed by atoms with E-state index < -0.39 is 0 Å². The first-order chi connectivity index (χ1) is 12.9. The highest BCUT2D eigenvalue weighted by molar-refractivity contribution is 6.34. The van der Waals surface area contributed by atoms with Gasteiger partial charge in [-0.15, -0.1) is 0 Å². The normalized spacial score (nSPS) is 10.8. The van der Waals surface area contributed by atoms with Crippen LogP contribution in [0.5, 0.6) is 0 Å². The van der Waals surface area contributed by atoms with Crippen molar-refractivity contribution in [2.24, 2.45) is 0 Å². The fourth-order valence-electron chi connectivity index (χ4n) is 2.84. The zero-order chi connectivity index (χ0) is 19.6.